The first-order chi connectivity index (χ1) is 10.8. The van der Waals surface area contributed by atoms with Crippen LogP contribution in [0.5, 0.6) is 0 Å². The highest BCUT2D eigenvalue weighted by molar-refractivity contribution is 7.25. The highest BCUT2D eigenvalue weighted by Gasteiger charge is 2.04. The summed E-state index contributed by atoms with van der Waals surface area (Å²) in [7, 11) is 0. The van der Waals surface area contributed by atoms with Gasteiger partial charge in [0.25, 0.3) is 0 Å². The lowest BCUT2D eigenvalue weighted by Gasteiger charge is -1.94. The Kier molecular flexibility index (Phi) is 3.14. The second-order valence-electron chi connectivity index (χ2n) is 5.25. The number of fused-ring (bicyclic) bond motifs is 3. The highest BCUT2D eigenvalue weighted by atomic mass is 32.1. The molecular formula is C20H13NS. The lowest BCUT2D eigenvalue weighted by atomic mass is 10.1. The molecule has 1 nitrogen and oxygen atoms in total. The van der Waals surface area contributed by atoms with Gasteiger partial charge in [-0.1, -0.05) is 30.0 Å². The number of benzene rings is 2. The normalized spacial score (nSPS) is 10.6. The van der Waals surface area contributed by atoms with Crippen molar-refractivity contribution in [2.24, 2.45) is 0 Å². The van der Waals surface area contributed by atoms with Crippen molar-refractivity contribution in [2.45, 2.75) is 6.92 Å². The highest BCUT2D eigenvalue weighted by Crippen LogP contribution is 2.33. The Balaban J connectivity index is 1.81. The van der Waals surface area contributed by atoms with Crippen LogP contribution in [0.1, 0.15) is 16.8 Å². The van der Waals surface area contributed by atoms with Gasteiger partial charge in [0.2, 0.25) is 0 Å². The van der Waals surface area contributed by atoms with E-state index in [9.17, 15) is 0 Å². The third kappa shape index (κ3) is 2.36. The van der Waals surface area contributed by atoms with Gasteiger partial charge in [-0.15, -0.1) is 11.3 Å². The molecule has 0 bridgehead atoms. The number of hydrogen-bond acceptors (Lipinski definition) is 2. The topological polar surface area (TPSA) is 12.9 Å². The quantitative estimate of drug-likeness (QED) is 0.409. The lowest BCUT2D eigenvalue weighted by Crippen LogP contribution is -1.81. The number of nitrogens with zero attached hydrogens (tertiary/aromatic N) is 1. The third-order valence-electron chi connectivity index (χ3n) is 3.62. The molecule has 0 saturated carbocycles. The molecule has 0 saturated heterocycles. The predicted octanol–water partition coefficient (Wildman–Crippen LogP) is 5.16. The molecule has 0 atom stereocenters. The van der Waals surface area contributed by atoms with Gasteiger partial charge in [0.05, 0.1) is 0 Å². The van der Waals surface area contributed by atoms with Crippen LogP contribution in [0.2, 0.25) is 0 Å². The number of pyridine rings is 1. The summed E-state index contributed by atoms with van der Waals surface area (Å²) in [5.74, 6) is 6.48. The zero-order valence-corrected chi connectivity index (χ0v) is 12.9. The molecule has 22 heavy (non-hydrogen) atoms. The lowest BCUT2D eigenvalue weighted by molar-refractivity contribution is 1.19. The van der Waals surface area contributed by atoms with Crippen molar-refractivity contribution in [3.05, 3.63) is 77.6 Å². The van der Waals surface area contributed by atoms with Gasteiger partial charge >= 0.3 is 0 Å². The van der Waals surface area contributed by atoms with E-state index in [1.807, 2.05) is 30.4 Å². The van der Waals surface area contributed by atoms with E-state index in [0.717, 1.165) is 16.8 Å². The van der Waals surface area contributed by atoms with Crippen molar-refractivity contribution in [1.82, 2.24) is 4.98 Å². The van der Waals surface area contributed by atoms with Gasteiger partial charge in [-0.05, 0) is 43.3 Å². The van der Waals surface area contributed by atoms with Crippen LogP contribution in [-0.2, 0) is 0 Å². The van der Waals surface area contributed by atoms with Crippen molar-refractivity contribution in [1.29, 1.82) is 0 Å². The predicted molar refractivity (Wildman–Crippen MR) is 94.3 cm³/mol. The van der Waals surface area contributed by atoms with E-state index < -0.39 is 0 Å². The van der Waals surface area contributed by atoms with E-state index in [2.05, 4.69) is 59.3 Å². The number of aromatic nitrogens is 1. The average Bonchev–Trinajstić information content (AvgIpc) is 2.91. The molecule has 4 rings (SSSR count). The third-order valence-corrected chi connectivity index (χ3v) is 4.78. The standard InChI is InChI=1S/C20H13NS/c1-14-12-16(10-11-21-14)7-6-15-8-9-20-18(13-15)17-4-2-3-5-19(17)22-20/h2-5,8-13H,1H3. The molecule has 0 amide bonds. The Morgan fingerprint density at radius 1 is 0.818 bits per heavy atom. The number of thiophene rings is 1. The zero-order valence-electron chi connectivity index (χ0n) is 12.1. The maximum atomic E-state index is 4.20. The summed E-state index contributed by atoms with van der Waals surface area (Å²) in [5.41, 5.74) is 3.04. The van der Waals surface area contributed by atoms with Gasteiger partial charge in [-0.25, -0.2) is 0 Å². The van der Waals surface area contributed by atoms with E-state index in [4.69, 9.17) is 0 Å². The number of aryl methyl sites for hydroxylation is 1. The zero-order chi connectivity index (χ0) is 14.9. The smallest absolute Gasteiger partial charge is 0.0385 e. The van der Waals surface area contributed by atoms with Gasteiger partial charge < -0.3 is 0 Å². The van der Waals surface area contributed by atoms with Crippen molar-refractivity contribution in [3.63, 3.8) is 0 Å². The van der Waals surface area contributed by atoms with E-state index >= 15 is 0 Å². The molecule has 0 aliphatic rings. The maximum Gasteiger partial charge on any atom is 0.0385 e. The van der Waals surface area contributed by atoms with E-state index in [1.54, 1.807) is 6.20 Å². The van der Waals surface area contributed by atoms with E-state index in [-0.39, 0.29) is 0 Å². The second kappa shape index (κ2) is 5.29. The number of rotatable bonds is 0. The molecule has 0 spiro atoms. The minimum absolute atomic E-state index is 0.992. The molecule has 0 N–H and O–H groups in total. The van der Waals surface area contributed by atoms with Crippen LogP contribution in [0.3, 0.4) is 0 Å². The van der Waals surface area contributed by atoms with E-state index in [1.165, 1.54) is 20.2 Å². The Morgan fingerprint density at radius 2 is 1.59 bits per heavy atom. The Labute approximate surface area is 133 Å². The second-order valence-corrected chi connectivity index (χ2v) is 6.33. The fraction of sp³-hybridized carbons (Fsp3) is 0.0500. The summed E-state index contributed by atoms with van der Waals surface area (Å²) in [6, 6.07) is 18.9. The van der Waals surface area contributed by atoms with Crippen molar-refractivity contribution >= 4 is 31.5 Å². The van der Waals surface area contributed by atoms with Gasteiger partial charge in [-0.3, -0.25) is 4.98 Å². The maximum absolute atomic E-state index is 4.20. The minimum Gasteiger partial charge on any atom is -0.262 e. The summed E-state index contributed by atoms with van der Waals surface area (Å²) in [6.45, 7) is 1.98. The summed E-state index contributed by atoms with van der Waals surface area (Å²) in [6.07, 6.45) is 1.80. The van der Waals surface area contributed by atoms with Crippen LogP contribution >= 0.6 is 11.3 Å². The number of hydrogen-bond donors (Lipinski definition) is 0. The molecule has 0 radical (unpaired) electrons. The average molecular weight is 299 g/mol. The van der Waals surface area contributed by atoms with Gasteiger partial charge in [0.15, 0.2) is 0 Å². The van der Waals surface area contributed by atoms with E-state index in [0.29, 0.717) is 0 Å². The largest absolute Gasteiger partial charge is 0.262 e. The van der Waals surface area contributed by atoms with Crippen LogP contribution in [0, 0.1) is 18.8 Å². The van der Waals surface area contributed by atoms with Crippen molar-refractivity contribution in [2.75, 3.05) is 0 Å². The van der Waals surface area contributed by atoms with Crippen LogP contribution in [0.4, 0.5) is 0 Å². The molecule has 2 aromatic carbocycles. The summed E-state index contributed by atoms with van der Waals surface area (Å²) >= 11 is 1.83. The first-order valence-corrected chi connectivity index (χ1v) is 7.97. The first kappa shape index (κ1) is 13.1. The SMILES string of the molecule is Cc1cc(C#Cc2ccc3sc4ccccc4c3c2)ccn1. The molecule has 4 aromatic rings. The first-order valence-electron chi connectivity index (χ1n) is 7.15. The summed E-state index contributed by atoms with van der Waals surface area (Å²) in [4.78, 5) is 4.20. The Bertz CT molecular complexity index is 1050. The Morgan fingerprint density at radius 3 is 2.45 bits per heavy atom. The fourth-order valence-electron chi connectivity index (χ4n) is 2.57. The molecule has 2 aromatic heterocycles. The molecule has 2 heteroatoms. The molecule has 0 fully saturated rings. The molecule has 0 unspecified atom stereocenters. The van der Waals surface area contributed by atoms with Crippen molar-refractivity contribution < 1.29 is 0 Å². The van der Waals surface area contributed by atoms with Crippen LogP contribution in [0.15, 0.2) is 60.8 Å². The molecule has 0 aliphatic heterocycles. The molecular weight excluding hydrogens is 286 g/mol. The monoisotopic (exact) mass is 299 g/mol. The van der Waals surface area contributed by atoms with Gasteiger partial charge in [0, 0.05) is 43.2 Å². The van der Waals surface area contributed by atoms with Crippen molar-refractivity contribution in [3.8, 4) is 11.8 Å². The minimum atomic E-state index is 0.992. The van der Waals surface area contributed by atoms with Crippen LogP contribution in [-0.4, -0.2) is 4.98 Å². The molecule has 2 heterocycles. The van der Waals surface area contributed by atoms with Gasteiger partial charge in [0.1, 0.15) is 0 Å². The molecule has 104 valence electrons. The van der Waals surface area contributed by atoms with Crippen LogP contribution in [0.25, 0.3) is 20.2 Å². The summed E-state index contributed by atoms with van der Waals surface area (Å²) in [5, 5.41) is 2.60. The Hall–Kier alpha value is -2.63. The summed E-state index contributed by atoms with van der Waals surface area (Å²) < 4.78 is 2.64. The fourth-order valence-corrected chi connectivity index (χ4v) is 3.66. The molecule has 0 aliphatic carbocycles. The van der Waals surface area contributed by atoms with Gasteiger partial charge in [-0.2, -0.15) is 0 Å². The van der Waals surface area contributed by atoms with Crippen LogP contribution < -0.4 is 0 Å².